The fraction of sp³-hybridized carbons (Fsp3) is 0.381. The highest BCUT2D eigenvalue weighted by Crippen LogP contribution is 2.40. The predicted molar refractivity (Wildman–Crippen MR) is 112 cm³/mol. The lowest BCUT2D eigenvalue weighted by atomic mass is 10.1. The number of thiophene rings is 1. The van der Waals surface area contributed by atoms with Crippen LogP contribution in [0.2, 0.25) is 0 Å². The number of aromatic nitrogens is 2. The molecule has 6 nitrogen and oxygen atoms in total. The van der Waals surface area contributed by atoms with Crippen molar-refractivity contribution in [3.63, 3.8) is 0 Å². The van der Waals surface area contributed by atoms with E-state index in [4.69, 9.17) is 0 Å². The van der Waals surface area contributed by atoms with E-state index in [-0.39, 0.29) is 11.7 Å². The standard InChI is InChI=1S/C21H22FN5OS/c22-14-3-1-4-15(11-14)25-18(28)12-26-7-9-27(10-8-26)20-19-16-5-2-6-17(16)29-21(19)24-13-23-20/h1,3-4,11,13H,2,5-10,12H2,(H,25,28)/p+1. The maximum absolute atomic E-state index is 13.3. The van der Waals surface area contributed by atoms with Gasteiger partial charge in [0.1, 0.15) is 22.8 Å². The second-order valence-electron chi connectivity index (χ2n) is 7.71. The average Bonchev–Trinajstić information content (AvgIpc) is 3.29. The molecule has 1 aliphatic carbocycles. The van der Waals surface area contributed by atoms with Crippen molar-refractivity contribution in [3.8, 4) is 0 Å². The maximum Gasteiger partial charge on any atom is 0.279 e. The average molecular weight is 413 g/mol. The number of aryl methyl sites for hydroxylation is 2. The highest BCUT2D eigenvalue weighted by Gasteiger charge is 2.27. The largest absolute Gasteiger partial charge is 0.345 e. The number of fused-ring (bicyclic) bond motifs is 3. The van der Waals surface area contributed by atoms with Crippen LogP contribution in [0.25, 0.3) is 10.2 Å². The third-order valence-electron chi connectivity index (χ3n) is 5.77. The molecule has 1 aromatic carbocycles. The Bertz CT molecular complexity index is 1060. The van der Waals surface area contributed by atoms with Gasteiger partial charge in [-0.05, 0) is 43.0 Å². The molecule has 0 saturated carbocycles. The van der Waals surface area contributed by atoms with Gasteiger partial charge in [-0.15, -0.1) is 11.3 Å². The summed E-state index contributed by atoms with van der Waals surface area (Å²) in [6.07, 6.45) is 5.19. The van der Waals surface area contributed by atoms with Crippen LogP contribution in [0.1, 0.15) is 16.9 Å². The van der Waals surface area contributed by atoms with Gasteiger partial charge in [0, 0.05) is 10.6 Å². The zero-order valence-electron chi connectivity index (χ0n) is 16.1. The summed E-state index contributed by atoms with van der Waals surface area (Å²) in [4.78, 5) is 27.6. The SMILES string of the molecule is O=C(C[NH+]1CCN(c2ncnc3sc4c(c23)CCC4)CC1)Nc1cccc(F)c1. The molecular weight excluding hydrogens is 389 g/mol. The van der Waals surface area contributed by atoms with Gasteiger partial charge < -0.3 is 15.1 Å². The van der Waals surface area contributed by atoms with Gasteiger partial charge in [-0.3, -0.25) is 4.79 Å². The number of quaternary nitrogens is 1. The molecule has 1 fully saturated rings. The molecule has 2 aromatic heterocycles. The van der Waals surface area contributed by atoms with Crippen molar-refractivity contribution in [2.75, 3.05) is 42.9 Å². The van der Waals surface area contributed by atoms with Crippen LogP contribution >= 0.6 is 11.3 Å². The number of benzene rings is 1. The molecule has 3 aromatic rings. The van der Waals surface area contributed by atoms with Crippen molar-refractivity contribution in [1.29, 1.82) is 0 Å². The number of carbonyl (C=O) groups is 1. The Hall–Kier alpha value is -2.58. The van der Waals surface area contributed by atoms with Gasteiger partial charge in [0.05, 0.1) is 31.6 Å². The number of hydrogen-bond donors (Lipinski definition) is 2. The zero-order valence-corrected chi connectivity index (χ0v) is 16.9. The van der Waals surface area contributed by atoms with Gasteiger partial charge in [-0.2, -0.15) is 0 Å². The minimum absolute atomic E-state index is 0.0841. The molecule has 1 saturated heterocycles. The number of anilines is 2. The Morgan fingerprint density at radius 2 is 2.10 bits per heavy atom. The Balaban J connectivity index is 1.23. The molecule has 0 bridgehead atoms. The third-order valence-corrected chi connectivity index (χ3v) is 6.97. The van der Waals surface area contributed by atoms with Crippen molar-refractivity contribution >= 4 is 39.0 Å². The van der Waals surface area contributed by atoms with E-state index in [2.05, 4.69) is 20.2 Å². The molecule has 1 aliphatic heterocycles. The summed E-state index contributed by atoms with van der Waals surface area (Å²) < 4.78 is 13.3. The third kappa shape index (κ3) is 3.70. The lowest BCUT2D eigenvalue weighted by molar-refractivity contribution is -0.892. The summed E-state index contributed by atoms with van der Waals surface area (Å²) in [5.41, 5.74) is 1.95. The summed E-state index contributed by atoms with van der Waals surface area (Å²) in [5.74, 6) is 0.622. The van der Waals surface area contributed by atoms with Crippen LogP contribution in [0.4, 0.5) is 15.9 Å². The Kier molecular flexibility index (Phi) is 4.89. The summed E-state index contributed by atoms with van der Waals surface area (Å²) >= 11 is 1.81. The molecule has 2 N–H and O–H groups in total. The van der Waals surface area contributed by atoms with Gasteiger partial charge in [0.15, 0.2) is 6.54 Å². The molecule has 0 atom stereocenters. The molecule has 150 valence electrons. The number of nitrogens with zero attached hydrogens (tertiary/aromatic N) is 3. The number of nitrogens with one attached hydrogen (secondary N) is 2. The topological polar surface area (TPSA) is 62.6 Å². The van der Waals surface area contributed by atoms with Crippen molar-refractivity contribution in [3.05, 3.63) is 46.9 Å². The second-order valence-corrected chi connectivity index (χ2v) is 8.79. The van der Waals surface area contributed by atoms with Crippen molar-refractivity contribution in [2.24, 2.45) is 0 Å². The van der Waals surface area contributed by atoms with Gasteiger partial charge >= 0.3 is 0 Å². The molecule has 3 heterocycles. The monoisotopic (exact) mass is 412 g/mol. The summed E-state index contributed by atoms with van der Waals surface area (Å²) in [5, 5.41) is 4.04. The van der Waals surface area contributed by atoms with Crippen molar-refractivity contribution < 1.29 is 14.1 Å². The van der Waals surface area contributed by atoms with Crippen LogP contribution in [0, 0.1) is 5.82 Å². The smallest absolute Gasteiger partial charge is 0.279 e. The molecule has 0 spiro atoms. The number of halogens is 1. The second kappa shape index (κ2) is 7.68. The Morgan fingerprint density at radius 1 is 1.24 bits per heavy atom. The van der Waals surface area contributed by atoms with Crippen LogP contribution in [-0.2, 0) is 17.6 Å². The fourth-order valence-corrected chi connectivity index (χ4v) is 5.59. The van der Waals surface area contributed by atoms with Gasteiger partial charge in [0.25, 0.3) is 5.91 Å². The van der Waals surface area contributed by atoms with Gasteiger partial charge in [-0.1, -0.05) is 6.07 Å². The minimum atomic E-state index is -0.347. The van der Waals surface area contributed by atoms with Crippen LogP contribution in [0.3, 0.4) is 0 Å². The Morgan fingerprint density at radius 3 is 2.93 bits per heavy atom. The highest BCUT2D eigenvalue weighted by atomic mass is 32.1. The quantitative estimate of drug-likeness (QED) is 0.684. The number of rotatable bonds is 4. The first-order valence-corrected chi connectivity index (χ1v) is 10.9. The number of piperazine rings is 1. The molecule has 29 heavy (non-hydrogen) atoms. The van der Waals surface area contributed by atoms with Gasteiger partial charge in [-0.25, -0.2) is 14.4 Å². The highest BCUT2D eigenvalue weighted by molar-refractivity contribution is 7.19. The molecule has 0 unspecified atom stereocenters. The van der Waals surface area contributed by atoms with E-state index in [1.54, 1.807) is 18.5 Å². The van der Waals surface area contributed by atoms with E-state index in [0.717, 1.165) is 49.7 Å². The molecule has 0 radical (unpaired) electrons. The van der Waals surface area contributed by atoms with Gasteiger partial charge in [0.2, 0.25) is 0 Å². The zero-order chi connectivity index (χ0) is 19.8. The summed E-state index contributed by atoms with van der Waals surface area (Å²) in [6, 6.07) is 6.01. The Labute approximate surface area is 172 Å². The molecule has 8 heteroatoms. The number of carbonyl (C=O) groups excluding carboxylic acids is 1. The van der Waals surface area contributed by atoms with E-state index < -0.39 is 0 Å². The van der Waals surface area contributed by atoms with Crippen molar-refractivity contribution in [2.45, 2.75) is 19.3 Å². The lowest BCUT2D eigenvalue weighted by Gasteiger charge is -2.33. The first-order chi connectivity index (χ1) is 14.2. The first kappa shape index (κ1) is 18.4. The van der Waals surface area contributed by atoms with E-state index >= 15 is 0 Å². The fourth-order valence-electron chi connectivity index (χ4n) is 4.36. The number of hydrogen-bond acceptors (Lipinski definition) is 5. The lowest BCUT2D eigenvalue weighted by Crippen LogP contribution is -3.15. The number of amides is 1. The molecule has 1 amide bonds. The predicted octanol–water partition coefficient (Wildman–Crippen LogP) is 1.66. The molecular formula is C21H23FN5OS+. The van der Waals surface area contributed by atoms with Crippen LogP contribution in [0.5, 0.6) is 0 Å². The van der Waals surface area contributed by atoms with E-state index in [1.165, 1.54) is 39.3 Å². The summed E-state index contributed by atoms with van der Waals surface area (Å²) in [6.45, 7) is 3.85. The maximum atomic E-state index is 13.3. The van der Waals surface area contributed by atoms with Crippen LogP contribution in [0.15, 0.2) is 30.6 Å². The summed E-state index contributed by atoms with van der Waals surface area (Å²) in [7, 11) is 0. The minimum Gasteiger partial charge on any atom is -0.345 e. The van der Waals surface area contributed by atoms with Crippen LogP contribution < -0.4 is 15.1 Å². The van der Waals surface area contributed by atoms with Crippen LogP contribution in [-0.4, -0.2) is 48.6 Å². The van der Waals surface area contributed by atoms with E-state index in [9.17, 15) is 9.18 Å². The van der Waals surface area contributed by atoms with Crippen molar-refractivity contribution in [1.82, 2.24) is 9.97 Å². The van der Waals surface area contributed by atoms with E-state index in [0.29, 0.717) is 12.2 Å². The molecule has 2 aliphatic rings. The molecule has 5 rings (SSSR count). The first-order valence-electron chi connectivity index (χ1n) is 10.1. The van der Waals surface area contributed by atoms with E-state index in [1.807, 2.05) is 11.3 Å². The normalized spacial score (nSPS) is 16.9.